The number of nitrogen functional groups attached to an aromatic ring is 2. The maximum atomic E-state index is 13.9. The SMILES string of the molecule is CC(C)CC(C)(COc1ccc(-c2ccnc(N)c2N)cc1C(F)(F)F)NC(=O)OC(C)(C)C. The van der Waals surface area contributed by atoms with Crippen molar-refractivity contribution in [3.05, 3.63) is 36.0 Å². The Hall–Kier alpha value is -3.17. The summed E-state index contributed by atoms with van der Waals surface area (Å²) in [5.41, 5.74) is 9.60. The van der Waals surface area contributed by atoms with E-state index in [1.807, 2.05) is 13.8 Å². The lowest BCUT2D eigenvalue weighted by molar-refractivity contribution is -0.139. The summed E-state index contributed by atoms with van der Waals surface area (Å²) in [5.74, 6) is -0.199. The number of aromatic nitrogens is 1. The van der Waals surface area contributed by atoms with E-state index in [4.69, 9.17) is 20.9 Å². The quantitative estimate of drug-likeness (QED) is 0.471. The summed E-state index contributed by atoms with van der Waals surface area (Å²) in [5, 5.41) is 2.76. The molecule has 0 aliphatic rings. The van der Waals surface area contributed by atoms with Gasteiger partial charge < -0.3 is 26.3 Å². The second-order valence-electron chi connectivity index (χ2n) is 9.94. The monoisotopic (exact) mass is 482 g/mol. The Morgan fingerprint density at radius 2 is 1.76 bits per heavy atom. The number of alkyl halides is 3. The van der Waals surface area contributed by atoms with Crippen LogP contribution in [0, 0.1) is 5.92 Å². The van der Waals surface area contributed by atoms with Crippen LogP contribution in [-0.4, -0.2) is 28.8 Å². The second-order valence-corrected chi connectivity index (χ2v) is 9.94. The molecule has 0 aliphatic heterocycles. The highest BCUT2D eigenvalue weighted by Gasteiger charge is 2.37. The van der Waals surface area contributed by atoms with E-state index >= 15 is 0 Å². The Morgan fingerprint density at radius 1 is 1.12 bits per heavy atom. The Kier molecular flexibility index (Phi) is 7.95. The predicted molar refractivity (Wildman–Crippen MR) is 126 cm³/mol. The number of amides is 1. The number of nitrogens with zero attached hydrogens (tertiary/aromatic N) is 1. The van der Waals surface area contributed by atoms with Crippen LogP contribution in [0.15, 0.2) is 30.5 Å². The van der Waals surface area contributed by atoms with Gasteiger partial charge in [0.1, 0.15) is 23.8 Å². The lowest BCUT2D eigenvalue weighted by Gasteiger charge is -2.33. The van der Waals surface area contributed by atoms with Crippen LogP contribution in [0.1, 0.15) is 53.5 Å². The van der Waals surface area contributed by atoms with Crippen LogP contribution >= 0.6 is 0 Å². The zero-order valence-corrected chi connectivity index (χ0v) is 20.3. The van der Waals surface area contributed by atoms with Gasteiger partial charge in [0.15, 0.2) is 0 Å². The van der Waals surface area contributed by atoms with Crippen LogP contribution in [0.25, 0.3) is 11.1 Å². The molecule has 2 rings (SSSR count). The number of nitrogens with two attached hydrogens (primary N) is 2. The van der Waals surface area contributed by atoms with E-state index in [0.29, 0.717) is 12.0 Å². The van der Waals surface area contributed by atoms with Gasteiger partial charge >= 0.3 is 12.3 Å². The molecule has 2 aromatic rings. The first-order chi connectivity index (χ1) is 15.5. The van der Waals surface area contributed by atoms with E-state index in [0.717, 1.165) is 6.07 Å². The van der Waals surface area contributed by atoms with E-state index in [-0.39, 0.29) is 35.3 Å². The van der Waals surface area contributed by atoms with E-state index in [1.54, 1.807) is 27.7 Å². The van der Waals surface area contributed by atoms with Gasteiger partial charge in [-0.3, -0.25) is 0 Å². The van der Waals surface area contributed by atoms with E-state index < -0.39 is 29.0 Å². The maximum Gasteiger partial charge on any atom is 0.419 e. The molecular formula is C24H33F3N4O3. The number of carbonyl (C=O) groups is 1. The molecule has 1 amide bonds. The van der Waals surface area contributed by atoms with Gasteiger partial charge in [0.05, 0.1) is 16.8 Å². The zero-order chi connectivity index (χ0) is 25.9. The van der Waals surface area contributed by atoms with Gasteiger partial charge in [0, 0.05) is 11.8 Å². The molecule has 1 aromatic carbocycles. The largest absolute Gasteiger partial charge is 0.491 e. The van der Waals surface area contributed by atoms with E-state index in [2.05, 4.69) is 10.3 Å². The molecule has 0 spiro atoms. The molecule has 0 bridgehead atoms. The predicted octanol–water partition coefficient (Wildman–Crippen LogP) is 5.64. The second kappa shape index (κ2) is 9.99. The third kappa shape index (κ3) is 7.43. The van der Waals surface area contributed by atoms with E-state index in [1.165, 1.54) is 24.4 Å². The number of ether oxygens (including phenoxy) is 2. The Balaban J connectivity index is 2.36. The number of benzene rings is 1. The van der Waals surface area contributed by atoms with Crippen molar-refractivity contribution < 1.29 is 27.4 Å². The van der Waals surface area contributed by atoms with Crippen molar-refractivity contribution >= 4 is 17.6 Å². The summed E-state index contributed by atoms with van der Waals surface area (Å²) in [7, 11) is 0. The molecule has 0 saturated heterocycles. The standard InChI is InChI=1S/C24H33F3N4O3/c1-14(2)12-23(6,31-21(32)34-22(3,4)5)13-33-18-8-7-15(11-17(18)24(25,26)27)16-9-10-30-20(29)19(16)28/h7-11,14H,12-13,28H2,1-6H3,(H2,29,30)(H,31,32). The lowest BCUT2D eigenvalue weighted by atomic mass is 9.91. The fraction of sp³-hybridized carbons (Fsp3) is 0.500. The van der Waals surface area contributed by atoms with Crippen molar-refractivity contribution in [3.8, 4) is 16.9 Å². The number of halogens is 3. The average molecular weight is 483 g/mol. The summed E-state index contributed by atoms with van der Waals surface area (Å²) in [6.07, 6.45) is -3.53. The van der Waals surface area contributed by atoms with Crippen molar-refractivity contribution in [1.82, 2.24) is 10.3 Å². The third-order valence-corrected chi connectivity index (χ3v) is 4.82. The number of nitrogens with one attached hydrogen (secondary N) is 1. The van der Waals surface area contributed by atoms with Crippen molar-refractivity contribution in [1.29, 1.82) is 0 Å². The topological polar surface area (TPSA) is 112 Å². The Labute approximate surface area is 198 Å². The Bertz CT molecular complexity index is 1020. The fourth-order valence-electron chi connectivity index (χ4n) is 3.62. The van der Waals surface area contributed by atoms with Crippen LogP contribution in [0.3, 0.4) is 0 Å². The summed E-state index contributed by atoms with van der Waals surface area (Å²) in [4.78, 5) is 16.2. The molecule has 1 heterocycles. The summed E-state index contributed by atoms with van der Waals surface area (Å²) in [6.45, 7) is 10.6. The zero-order valence-electron chi connectivity index (χ0n) is 20.3. The molecule has 0 saturated carbocycles. The first-order valence-electron chi connectivity index (χ1n) is 10.9. The van der Waals surface area contributed by atoms with Crippen LogP contribution in [0.5, 0.6) is 5.75 Å². The molecule has 1 unspecified atom stereocenters. The van der Waals surface area contributed by atoms with Crippen molar-refractivity contribution in [3.63, 3.8) is 0 Å². The highest BCUT2D eigenvalue weighted by Crippen LogP contribution is 2.40. The number of rotatable bonds is 7. The van der Waals surface area contributed by atoms with Gasteiger partial charge in [-0.1, -0.05) is 19.9 Å². The maximum absolute atomic E-state index is 13.9. The minimum absolute atomic E-state index is 0.0315. The summed E-state index contributed by atoms with van der Waals surface area (Å²) >= 11 is 0. The van der Waals surface area contributed by atoms with Crippen LogP contribution < -0.4 is 21.5 Å². The van der Waals surface area contributed by atoms with Crippen LogP contribution in [-0.2, 0) is 10.9 Å². The summed E-state index contributed by atoms with van der Waals surface area (Å²) < 4.78 is 52.7. The number of hydrogen-bond acceptors (Lipinski definition) is 6. The lowest BCUT2D eigenvalue weighted by Crippen LogP contribution is -2.52. The average Bonchev–Trinajstić information content (AvgIpc) is 2.65. The molecule has 0 fully saturated rings. The van der Waals surface area contributed by atoms with E-state index in [9.17, 15) is 18.0 Å². The first kappa shape index (κ1) is 27.1. The molecule has 7 nitrogen and oxygen atoms in total. The van der Waals surface area contributed by atoms with Crippen molar-refractivity contribution in [2.24, 2.45) is 5.92 Å². The number of anilines is 2. The fourth-order valence-corrected chi connectivity index (χ4v) is 3.62. The number of hydrogen-bond donors (Lipinski definition) is 3. The molecule has 1 atom stereocenters. The van der Waals surface area contributed by atoms with Gasteiger partial charge in [0.25, 0.3) is 0 Å². The number of carbonyl (C=O) groups excluding carboxylic acids is 1. The smallest absolute Gasteiger partial charge is 0.419 e. The van der Waals surface area contributed by atoms with Crippen LogP contribution in [0.4, 0.5) is 29.5 Å². The number of alkyl carbamates (subject to hydrolysis) is 1. The molecule has 188 valence electrons. The highest BCUT2D eigenvalue weighted by molar-refractivity contribution is 5.82. The van der Waals surface area contributed by atoms with Crippen molar-refractivity contribution in [2.45, 2.75) is 65.3 Å². The summed E-state index contributed by atoms with van der Waals surface area (Å²) in [6, 6.07) is 5.15. The van der Waals surface area contributed by atoms with Gasteiger partial charge in [0.2, 0.25) is 0 Å². The molecule has 0 radical (unpaired) electrons. The number of pyridine rings is 1. The first-order valence-corrected chi connectivity index (χ1v) is 10.9. The minimum Gasteiger partial charge on any atom is -0.491 e. The highest BCUT2D eigenvalue weighted by atomic mass is 19.4. The normalized spacial score (nSPS) is 13.9. The Morgan fingerprint density at radius 3 is 2.32 bits per heavy atom. The molecule has 0 aliphatic carbocycles. The molecule has 34 heavy (non-hydrogen) atoms. The van der Waals surface area contributed by atoms with Gasteiger partial charge in [-0.15, -0.1) is 0 Å². The van der Waals surface area contributed by atoms with Crippen molar-refractivity contribution in [2.75, 3.05) is 18.1 Å². The van der Waals surface area contributed by atoms with Gasteiger partial charge in [-0.2, -0.15) is 13.2 Å². The molecular weight excluding hydrogens is 449 g/mol. The molecule has 1 aromatic heterocycles. The van der Waals surface area contributed by atoms with Crippen LogP contribution in [0.2, 0.25) is 0 Å². The molecule has 10 heteroatoms. The van der Waals surface area contributed by atoms with Gasteiger partial charge in [-0.25, -0.2) is 9.78 Å². The van der Waals surface area contributed by atoms with Gasteiger partial charge in [-0.05, 0) is 63.8 Å². The minimum atomic E-state index is -4.69. The third-order valence-electron chi connectivity index (χ3n) is 4.82. The molecule has 5 N–H and O–H groups in total.